The first-order valence-corrected chi connectivity index (χ1v) is 26.1. The smallest absolute Gasteiger partial charge is 0.269 e. The van der Waals surface area contributed by atoms with Gasteiger partial charge in [0.05, 0.1) is 0 Å². The fourth-order valence-electron chi connectivity index (χ4n) is 10.6. The van der Waals surface area contributed by atoms with Crippen molar-refractivity contribution < 1.29 is 160 Å². The van der Waals surface area contributed by atoms with Crippen LogP contribution in [0.15, 0.2) is 0 Å². The van der Waals surface area contributed by atoms with Crippen molar-refractivity contribution in [1.82, 2.24) is 0 Å². The summed E-state index contributed by atoms with van der Waals surface area (Å²) in [5.74, 6) is -17.9. The summed E-state index contributed by atoms with van der Waals surface area (Å²) in [5, 5.41) is 0. The molecule has 6 saturated carbocycles. The van der Waals surface area contributed by atoms with Crippen LogP contribution in [-0.2, 0) is 0 Å². The van der Waals surface area contributed by atoms with E-state index in [1.807, 2.05) is 0 Å². The Bertz CT molecular complexity index is 1670. The molecular formula is C50H78F36. The first-order chi connectivity index (χ1) is 35.5. The van der Waals surface area contributed by atoms with Crippen LogP contribution in [-0.4, -0.2) is 73.1 Å². The first kappa shape index (κ1) is 97.1. The van der Waals surface area contributed by atoms with Gasteiger partial charge < -0.3 is 0 Å². The van der Waals surface area contributed by atoms with Gasteiger partial charge in [-0.25, -0.2) is 13.2 Å². The Morgan fingerprint density at radius 2 is 0.558 bits per heavy atom. The van der Waals surface area contributed by atoms with E-state index in [2.05, 4.69) is 34.6 Å². The molecule has 0 saturated heterocycles. The van der Waals surface area contributed by atoms with Crippen molar-refractivity contribution in [3.05, 3.63) is 0 Å². The first-order valence-electron chi connectivity index (χ1n) is 26.1. The molecule has 0 aliphatic heterocycles. The fourth-order valence-corrected chi connectivity index (χ4v) is 10.6. The van der Waals surface area contributed by atoms with E-state index in [1.165, 1.54) is 77.0 Å². The molecule has 0 aromatic heterocycles. The predicted octanol–water partition coefficient (Wildman–Crippen LogP) is 24.5. The highest BCUT2D eigenvalue weighted by Gasteiger charge is 2.87. The largest absolute Gasteiger partial charge is 0.459 e. The molecule has 0 N–H and O–H groups in total. The van der Waals surface area contributed by atoms with Gasteiger partial charge in [0.1, 0.15) is 10.8 Å². The van der Waals surface area contributed by atoms with E-state index >= 15 is 0 Å². The summed E-state index contributed by atoms with van der Waals surface area (Å²) in [6.07, 6.45) is -35.5. The second kappa shape index (κ2) is 35.9. The lowest BCUT2D eigenvalue weighted by atomic mass is 9.62. The molecule has 0 aromatic rings. The summed E-state index contributed by atoms with van der Waals surface area (Å²) in [4.78, 5) is 0. The van der Waals surface area contributed by atoms with Gasteiger partial charge >= 0.3 is 73.1 Å². The molecule has 0 aromatic carbocycles. The van der Waals surface area contributed by atoms with E-state index in [1.54, 1.807) is 0 Å². The van der Waals surface area contributed by atoms with E-state index < -0.39 is 141 Å². The molecule has 0 atom stereocenters. The SMILES string of the molecule is CC1(C)CCCC1.CC1(C)CCCC1.CC1CCCC1.F.F.F.F.F.F.FC(F)(F)C(F)(F)C(F)(F)C1(C(F)(F)F)CCCCC1.FC(F)(F)C(F)(F)C1CCCCC1.FC(F)(F)C1(C(F)(C(F)(F)F)C(F)(F)F)CCCCC1.FC(F)C(F)(F)F. The molecule has 6 rings (SSSR count). The third-order valence-corrected chi connectivity index (χ3v) is 15.6. The van der Waals surface area contributed by atoms with Gasteiger partial charge in [-0.1, -0.05) is 144 Å². The summed E-state index contributed by atoms with van der Waals surface area (Å²) < 4.78 is 369. The zero-order chi connectivity index (χ0) is 63.3. The van der Waals surface area contributed by atoms with Crippen molar-refractivity contribution in [2.75, 3.05) is 0 Å². The maximum absolute atomic E-state index is 13.9. The van der Waals surface area contributed by atoms with Gasteiger partial charge in [0.25, 0.3) is 0 Å². The molecular weight excluding hydrogens is 1280 g/mol. The summed E-state index contributed by atoms with van der Waals surface area (Å²) in [6.45, 7) is 11.8. The van der Waals surface area contributed by atoms with Gasteiger partial charge in [0.15, 0.2) is 0 Å². The van der Waals surface area contributed by atoms with Gasteiger partial charge in [-0.3, -0.25) is 28.2 Å². The Kier molecular flexibility index (Phi) is 40.5. The van der Waals surface area contributed by atoms with Gasteiger partial charge in [-0.05, 0) is 81.0 Å². The van der Waals surface area contributed by atoms with Crippen LogP contribution in [0.3, 0.4) is 0 Å². The van der Waals surface area contributed by atoms with Crippen molar-refractivity contribution in [2.24, 2.45) is 33.5 Å². The van der Waals surface area contributed by atoms with Crippen LogP contribution in [0.2, 0.25) is 0 Å². The van der Waals surface area contributed by atoms with Crippen molar-refractivity contribution in [3.8, 4) is 0 Å². The van der Waals surface area contributed by atoms with E-state index in [-0.39, 0.29) is 53.9 Å². The quantitative estimate of drug-likeness (QED) is 0.246. The van der Waals surface area contributed by atoms with Crippen LogP contribution >= 0.6 is 0 Å². The number of hydrogen-bond acceptors (Lipinski definition) is 0. The Hall–Kier alpha value is -2.52. The van der Waals surface area contributed by atoms with Gasteiger partial charge in [-0.15, -0.1) is 0 Å². The fraction of sp³-hybridized carbons (Fsp3) is 1.00. The molecule has 86 heavy (non-hydrogen) atoms. The normalized spacial score (nSPS) is 20.9. The molecule has 530 valence electrons. The van der Waals surface area contributed by atoms with Crippen molar-refractivity contribution in [1.29, 1.82) is 0 Å². The zero-order valence-electron chi connectivity index (χ0n) is 47.1. The lowest BCUT2D eigenvalue weighted by Crippen LogP contribution is -2.69. The number of alkyl halides is 30. The maximum atomic E-state index is 13.9. The van der Waals surface area contributed by atoms with Gasteiger partial charge in [0, 0.05) is 5.92 Å². The molecule has 36 heteroatoms. The minimum Gasteiger partial charge on any atom is -0.269 e. The Morgan fingerprint density at radius 3 is 0.744 bits per heavy atom. The molecule has 0 amide bonds. The molecule has 0 spiro atoms. The highest BCUT2D eigenvalue weighted by Crippen LogP contribution is 2.67. The second-order valence-corrected chi connectivity index (χ2v) is 23.0. The average molecular weight is 1360 g/mol. The molecule has 6 fully saturated rings. The van der Waals surface area contributed by atoms with Crippen molar-refractivity contribution in [2.45, 2.75) is 281 Å². The topological polar surface area (TPSA) is 0 Å². The summed E-state index contributed by atoms with van der Waals surface area (Å²) in [5.41, 5.74) is -13.7. The van der Waals surface area contributed by atoms with E-state index in [0.717, 1.165) is 12.3 Å². The third kappa shape index (κ3) is 25.6. The van der Waals surface area contributed by atoms with Crippen molar-refractivity contribution >= 4 is 0 Å². The Balaban J connectivity index is -0.000000176. The minimum atomic E-state index is -6.76. The lowest BCUT2D eigenvalue weighted by molar-refractivity contribution is -0.421. The molecule has 6 aliphatic rings. The number of rotatable bonds is 4. The maximum Gasteiger partial charge on any atom is 0.459 e. The zero-order valence-corrected chi connectivity index (χ0v) is 47.1. The Morgan fingerprint density at radius 1 is 0.314 bits per heavy atom. The third-order valence-electron chi connectivity index (χ3n) is 15.6. The number of hydrogen-bond donors (Lipinski definition) is 0. The van der Waals surface area contributed by atoms with Crippen LogP contribution in [0.4, 0.5) is 160 Å². The summed E-state index contributed by atoms with van der Waals surface area (Å²) in [7, 11) is 0. The molecule has 0 unspecified atom stereocenters. The molecule has 0 radical (unpaired) electrons. The molecule has 0 nitrogen and oxygen atoms in total. The highest BCUT2D eigenvalue weighted by molar-refractivity contribution is 5.13. The monoisotopic (exact) mass is 1360 g/mol. The van der Waals surface area contributed by atoms with Crippen LogP contribution < -0.4 is 0 Å². The summed E-state index contributed by atoms with van der Waals surface area (Å²) >= 11 is 0. The lowest BCUT2D eigenvalue weighted by Gasteiger charge is -2.49. The van der Waals surface area contributed by atoms with E-state index in [9.17, 15) is 132 Å². The minimum absolute atomic E-state index is 0. The van der Waals surface area contributed by atoms with Crippen molar-refractivity contribution in [3.63, 3.8) is 0 Å². The van der Waals surface area contributed by atoms with Crippen LogP contribution in [0.25, 0.3) is 0 Å². The molecule has 0 bridgehead atoms. The van der Waals surface area contributed by atoms with Gasteiger partial charge in [-0.2, -0.15) is 119 Å². The summed E-state index contributed by atoms with van der Waals surface area (Å²) in [6, 6.07) is 0. The van der Waals surface area contributed by atoms with E-state index in [0.29, 0.717) is 23.7 Å². The van der Waals surface area contributed by atoms with Gasteiger partial charge in [0.2, 0.25) is 0 Å². The molecule has 0 heterocycles. The van der Waals surface area contributed by atoms with Crippen LogP contribution in [0, 0.1) is 33.5 Å². The van der Waals surface area contributed by atoms with Crippen LogP contribution in [0.1, 0.15) is 208 Å². The standard InChI is InChI=1S/2C10H10F10.C8H11F5.2C7H14.C6H12.C2HF5.6FH/c11-7(12,8(13,14)10(18,19)20)6(9(15,16)17)4-2-1-3-5-6;11-7(9(15,16)17,10(18,19)20)6(8(12,13)14)4-2-1-3-5-6;9-7(10,8(11,12)13)6-4-2-1-3-5-6;2*1-7(2)5-3-4-6-7;1-6-4-2-3-5-6;3-1(4)2(5,6)7;;;;;;/h2*1-5H2;6H,1-5H2;2*3-6H2,1-2H3;6H,2-5H2,1H3;1H;6*1H. The Labute approximate surface area is 474 Å². The number of halogens is 36. The second-order valence-electron chi connectivity index (χ2n) is 23.0. The molecule has 6 aliphatic carbocycles. The predicted molar refractivity (Wildman–Crippen MR) is 252 cm³/mol. The van der Waals surface area contributed by atoms with Crippen LogP contribution in [0.5, 0.6) is 0 Å². The average Bonchev–Trinajstić information content (AvgIpc) is 4.07. The highest BCUT2D eigenvalue weighted by atomic mass is 19.5. The van der Waals surface area contributed by atoms with E-state index in [4.69, 9.17) is 0 Å².